The summed E-state index contributed by atoms with van der Waals surface area (Å²) in [6, 6.07) is 6.10. The van der Waals surface area contributed by atoms with Gasteiger partial charge >= 0.3 is 0 Å². The Kier molecular flexibility index (Phi) is 3.67. The van der Waals surface area contributed by atoms with Crippen molar-refractivity contribution >= 4 is 0 Å². The molecule has 18 heavy (non-hydrogen) atoms. The van der Waals surface area contributed by atoms with Gasteiger partial charge in [-0.25, -0.2) is 4.98 Å². The molecule has 0 aliphatic rings. The molecule has 2 rings (SSSR count). The highest BCUT2D eigenvalue weighted by Crippen LogP contribution is 2.30. The first-order valence-electron chi connectivity index (χ1n) is 6.00. The minimum absolute atomic E-state index is 0.0146. The van der Waals surface area contributed by atoms with Crippen LogP contribution in [-0.2, 0) is 20.1 Å². The van der Waals surface area contributed by atoms with Crippen molar-refractivity contribution in [3.05, 3.63) is 35.7 Å². The van der Waals surface area contributed by atoms with Gasteiger partial charge in [0, 0.05) is 7.05 Å². The molecule has 1 N–H and O–H groups in total. The molecule has 1 aromatic heterocycles. The monoisotopic (exact) mass is 246 g/mol. The summed E-state index contributed by atoms with van der Waals surface area (Å²) in [4.78, 5) is 4.36. The molecule has 0 saturated heterocycles. The number of methoxy groups -OCH3 is 1. The Morgan fingerprint density at radius 2 is 2.17 bits per heavy atom. The summed E-state index contributed by atoms with van der Waals surface area (Å²) in [5.74, 6) is 1.61. The number of aryl methyl sites for hydroxylation is 1. The van der Waals surface area contributed by atoms with Crippen molar-refractivity contribution in [3.8, 4) is 17.1 Å². The highest BCUT2D eigenvalue weighted by molar-refractivity contribution is 5.66. The summed E-state index contributed by atoms with van der Waals surface area (Å²) < 4.78 is 7.27. The molecular formula is C14H18N2O2. The summed E-state index contributed by atoms with van der Waals surface area (Å²) in [5.41, 5.74) is 2.98. The van der Waals surface area contributed by atoms with E-state index < -0.39 is 0 Å². The summed E-state index contributed by atoms with van der Waals surface area (Å²) in [5, 5.41) is 9.21. The van der Waals surface area contributed by atoms with Crippen molar-refractivity contribution in [1.82, 2.24) is 9.55 Å². The second-order valence-corrected chi connectivity index (χ2v) is 4.18. The number of nitrogens with zero attached hydrogens (tertiary/aromatic N) is 2. The van der Waals surface area contributed by atoms with E-state index in [1.54, 1.807) is 13.3 Å². The molecule has 0 radical (unpaired) electrons. The highest BCUT2D eigenvalue weighted by Gasteiger charge is 2.13. The minimum Gasteiger partial charge on any atom is -0.496 e. The number of hydrogen-bond acceptors (Lipinski definition) is 3. The average molecular weight is 246 g/mol. The Hall–Kier alpha value is -1.81. The molecule has 0 unspecified atom stereocenters. The van der Waals surface area contributed by atoms with E-state index >= 15 is 0 Å². The molecule has 0 aliphatic heterocycles. The van der Waals surface area contributed by atoms with Gasteiger partial charge in [-0.15, -0.1) is 0 Å². The van der Waals surface area contributed by atoms with Crippen molar-refractivity contribution in [2.45, 2.75) is 20.0 Å². The van der Waals surface area contributed by atoms with E-state index in [-0.39, 0.29) is 6.61 Å². The van der Waals surface area contributed by atoms with Crippen molar-refractivity contribution in [2.24, 2.45) is 7.05 Å². The van der Waals surface area contributed by atoms with E-state index in [4.69, 9.17) is 4.74 Å². The topological polar surface area (TPSA) is 47.3 Å². The fourth-order valence-corrected chi connectivity index (χ4v) is 1.99. The lowest BCUT2D eigenvalue weighted by Gasteiger charge is -2.11. The third kappa shape index (κ3) is 2.11. The van der Waals surface area contributed by atoms with E-state index in [2.05, 4.69) is 24.0 Å². The first kappa shape index (κ1) is 12.6. The molecule has 1 aromatic carbocycles. The lowest BCUT2D eigenvalue weighted by molar-refractivity contribution is 0.273. The SMILES string of the molecule is CCc1ccc(OC)c(-c2ncc(CO)n2C)c1. The molecule has 0 amide bonds. The van der Waals surface area contributed by atoms with Gasteiger partial charge in [0.1, 0.15) is 11.6 Å². The van der Waals surface area contributed by atoms with E-state index in [0.717, 1.165) is 29.3 Å². The molecular weight excluding hydrogens is 228 g/mol. The van der Waals surface area contributed by atoms with Gasteiger partial charge in [0.15, 0.2) is 0 Å². The van der Waals surface area contributed by atoms with Gasteiger partial charge in [-0.2, -0.15) is 0 Å². The Morgan fingerprint density at radius 3 is 2.72 bits per heavy atom. The van der Waals surface area contributed by atoms with Gasteiger partial charge in [0.25, 0.3) is 0 Å². The quantitative estimate of drug-likeness (QED) is 0.899. The maximum Gasteiger partial charge on any atom is 0.143 e. The molecule has 2 aromatic rings. The Balaban J connectivity index is 2.57. The number of rotatable bonds is 4. The number of aliphatic hydroxyl groups is 1. The van der Waals surface area contributed by atoms with Crippen LogP contribution in [0.2, 0.25) is 0 Å². The molecule has 0 aliphatic carbocycles. The molecule has 0 spiro atoms. The van der Waals surface area contributed by atoms with E-state index in [9.17, 15) is 5.11 Å². The lowest BCUT2D eigenvalue weighted by Crippen LogP contribution is -2.00. The van der Waals surface area contributed by atoms with Crippen LogP contribution in [0.1, 0.15) is 18.2 Å². The van der Waals surface area contributed by atoms with Crippen LogP contribution >= 0.6 is 0 Å². The van der Waals surface area contributed by atoms with Crippen LogP contribution in [0.3, 0.4) is 0 Å². The van der Waals surface area contributed by atoms with Gasteiger partial charge < -0.3 is 14.4 Å². The predicted molar refractivity (Wildman–Crippen MR) is 70.5 cm³/mol. The van der Waals surface area contributed by atoms with Gasteiger partial charge in [-0.05, 0) is 24.1 Å². The van der Waals surface area contributed by atoms with Crippen LogP contribution in [0.15, 0.2) is 24.4 Å². The second-order valence-electron chi connectivity index (χ2n) is 4.18. The van der Waals surface area contributed by atoms with E-state index in [1.165, 1.54) is 5.56 Å². The zero-order valence-corrected chi connectivity index (χ0v) is 11.0. The smallest absolute Gasteiger partial charge is 0.143 e. The lowest BCUT2D eigenvalue weighted by atomic mass is 10.1. The average Bonchev–Trinajstić information content (AvgIpc) is 2.78. The van der Waals surface area contributed by atoms with Gasteiger partial charge in [0.05, 0.1) is 31.2 Å². The molecule has 4 nitrogen and oxygen atoms in total. The summed E-state index contributed by atoms with van der Waals surface area (Å²) >= 11 is 0. The standard InChI is InChI=1S/C14H18N2O2/c1-4-10-5-6-13(18-3)12(7-10)14-15-8-11(9-17)16(14)2/h5-8,17H,4,9H2,1-3H3. The maximum atomic E-state index is 9.21. The zero-order chi connectivity index (χ0) is 13.1. The fourth-order valence-electron chi connectivity index (χ4n) is 1.99. The molecule has 0 atom stereocenters. The number of aliphatic hydroxyl groups excluding tert-OH is 1. The summed E-state index contributed by atoms with van der Waals surface area (Å²) in [7, 11) is 3.55. The number of aromatic nitrogens is 2. The summed E-state index contributed by atoms with van der Waals surface area (Å²) in [6.07, 6.45) is 2.65. The van der Waals surface area contributed by atoms with Crippen LogP contribution in [0.5, 0.6) is 5.75 Å². The van der Waals surface area contributed by atoms with Gasteiger partial charge in [-0.3, -0.25) is 0 Å². The number of benzene rings is 1. The zero-order valence-electron chi connectivity index (χ0n) is 11.0. The van der Waals surface area contributed by atoms with Crippen molar-refractivity contribution in [3.63, 3.8) is 0 Å². The molecule has 0 bridgehead atoms. The first-order valence-corrected chi connectivity index (χ1v) is 6.00. The first-order chi connectivity index (χ1) is 8.71. The number of hydrogen-bond donors (Lipinski definition) is 1. The fraction of sp³-hybridized carbons (Fsp3) is 0.357. The number of imidazole rings is 1. The van der Waals surface area contributed by atoms with Gasteiger partial charge in [-0.1, -0.05) is 13.0 Å². The minimum atomic E-state index is -0.0146. The van der Waals surface area contributed by atoms with Crippen molar-refractivity contribution in [1.29, 1.82) is 0 Å². The van der Waals surface area contributed by atoms with Gasteiger partial charge in [0.2, 0.25) is 0 Å². The predicted octanol–water partition coefficient (Wildman–Crippen LogP) is 2.15. The third-order valence-corrected chi connectivity index (χ3v) is 3.16. The Bertz CT molecular complexity index is 547. The van der Waals surface area contributed by atoms with E-state index in [1.807, 2.05) is 17.7 Å². The number of ether oxygens (including phenoxy) is 1. The maximum absolute atomic E-state index is 9.21. The van der Waals surface area contributed by atoms with Crippen LogP contribution in [0.25, 0.3) is 11.4 Å². The van der Waals surface area contributed by atoms with Crippen molar-refractivity contribution < 1.29 is 9.84 Å². The molecule has 0 saturated carbocycles. The largest absolute Gasteiger partial charge is 0.496 e. The molecule has 4 heteroatoms. The molecule has 1 heterocycles. The Morgan fingerprint density at radius 1 is 1.39 bits per heavy atom. The Labute approximate surface area is 107 Å². The highest BCUT2D eigenvalue weighted by atomic mass is 16.5. The van der Waals surface area contributed by atoms with Crippen LogP contribution in [0.4, 0.5) is 0 Å². The van der Waals surface area contributed by atoms with Crippen LogP contribution in [0, 0.1) is 0 Å². The molecule has 0 fully saturated rings. The normalized spacial score (nSPS) is 10.7. The van der Waals surface area contributed by atoms with Crippen molar-refractivity contribution in [2.75, 3.05) is 7.11 Å². The second kappa shape index (κ2) is 5.23. The molecule has 96 valence electrons. The van der Waals surface area contributed by atoms with E-state index in [0.29, 0.717) is 0 Å². The van der Waals surface area contributed by atoms with Crippen LogP contribution < -0.4 is 4.74 Å². The third-order valence-electron chi connectivity index (χ3n) is 3.16. The van der Waals surface area contributed by atoms with Crippen LogP contribution in [-0.4, -0.2) is 21.8 Å². The summed E-state index contributed by atoms with van der Waals surface area (Å²) in [6.45, 7) is 2.10.